The smallest absolute Gasteiger partial charge is 0.101 e. The molecule has 0 amide bonds. The number of fused-ring (bicyclic) bond motifs is 1. The van der Waals surface area contributed by atoms with Gasteiger partial charge in [0.05, 0.1) is 6.04 Å². The molecule has 0 saturated heterocycles. The highest BCUT2D eigenvalue weighted by molar-refractivity contribution is 5.85. The largest absolute Gasteiger partial charge is 0.375 e. The van der Waals surface area contributed by atoms with E-state index in [1.54, 1.807) is 13.3 Å². The molecule has 1 aromatic heterocycles. The van der Waals surface area contributed by atoms with Crippen LogP contribution >= 0.6 is 0 Å². The third-order valence-corrected chi connectivity index (χ3v) is 3.78. The molecular weight excluding hydrogens is 260 g/mol. The van der Waals surface area contributed by atoms with Crippen LogP contribution in [0.2, 0.25) is 0 Å². The van der Waals surface area contributed by atoms with Crippen LogP contribution in [0.1, 0.15) is 23.3 Å². The van der Waals surface area contributed by atoms with Gasteiger partial charge in [-0.3, -0.25) is 4.98 Å². The lowest BCUT2D eigenvalue weighted by molar-refractivity contribution is 0.0806. The molecule has 3 heteroatoms. The van der Waals surface area contributed by atoms with Crippen LogP contribution in [0.4, 0.5) is 0 Å². The fourth-order valence-corrected chi connectivity index (χ4v) is 2.73. The van der Waals surface area contributed by atoms with E-state index in [1.165, 1.54) is 0 Å². The number of aromatic nitrogens is 1. The van der Waals surface area contributed by atoms with Crippen molar-refractivity contribution in [2.45, 2.75) is 12.1 Å². The summed E-state index contributed by atoms with van der Waals surface area (Å²) in [7, 11) is 1.70. The van der Waals surface area contributed by atoms with Gasteiger partial charge in [0, 0.05) is 24.9 Å². The van der Waals surface area contributed by atoms with Gasteiger partial charge in [-0.2, -0.15) is 0 Å². The Balaban J connectivity index is 2.05. The first-order valence-corrected chi connectivity index (χ1v) is 6.97. The van der Waals surface area contributed by atoms with Gasteiger partial charge < -0.3 is 10.5 Å². The van der Waals surface area contributed by atoms with Gasteiger partial charge in [0.25, 0.3) is 0 Å². The van der Waals surface area contributed by atoms with Gasteiger partial charge in [-0.15, -0.1) is 0 Å². The molecule has 2 unspecified atom stereocenters. The van der Waals surface area contributed by atoms with Crippen molar-refractivity contribution in [1.29, 1.82) is 0 Å². The number of methoxy groups -OCH3 is 1. The lowest BCUT2D eigenvalue weighted by atomic mass is 9.93. The minimum atomic E-state index is -0.233. The van der Waals surface area contributed by atoms with Gasteiger partial charge in [0.1, 0.15) is 6.10 Å². The molecule has 106 valence electrons. The molecule has 3 rings (SSSR count). The number of hydrogen-bond acceptors (Lipinski definition) is 3. The molecule has 0 bridgehead atoms. The molecule has 2 N–H and O–H groups in total. The van der Waals surface area contributed by atoms with Crippen LogP contribution < -0.4 is 5.73 Å². The van der Waals surface area contributed by atoms with Crippen LogP contribution in [-0.4, -0.2) is 12.1 Å². The van der Waals surface area contributed by atoms with Crippen molar-refractivity contribution >= 4 is 10.8 Å². The van der Waals surface area contributed by atoms with E-state index < -0.39 is 0 Å². The van der Waals surface area contributed by atoms with Gasteiger partial charge >= 0.3 is 0 Å². The summed E-state index contributed by atoms with van der Waals surface area (Å²) in [5.74, 6) is 0. The average molecular weight is 278 g/mol. The van der Waals surface area contributed by atoms with E-state index in [-0.39, 0.29) is 12.1 Å². The fourth-order valence-electron chi connectivity index (χ4n) is 2.73. The van der Waals surface area contributed by atoms with Crippen molar-refractivity contribution in [2.24, 2.45) is 5.73 Å². The van der Waals surface area contributed by atoms with Gasteiger partial charge in [-0.05, 0) is 22.6 Å². The van der Waals surface area contributed by atoms with Crippen LogP contribution in [-0.2, 0) is 4.74 Å². The van der Waals surface area contributed by atoms with Crippen molar-refractivity contribution in [1.82, 2.24) is 4.98 Å². The molecule has 3 aromatic rings. The van der Waals surface area contributed by atoms with E-state index in [4.69, 9.17) is 10.5 Å². The fraction of sp³-hybridized carbons (Fsp3) is 0.167. The molecule has 2 atom stereocenters. The van der Waals surface area contributed by atoms with Crippen molar-refractivity contribution in [3.8, 4) is 0 Å². The number of ether oxygens (including phenoxy) is 1. The summed E-state index contributed by atoms with van der Waals surface area (Å²) in [5, 5.41) is 2.21. The molecule has 0 aliphatic rings. The number of pyridine rings is 1. The first kappa shape index (κ1) is 13.7. The number of nitrogens with zero attached hydrogens (tertiary/aromatic N) is 1. The van der Waals surface area contributed by atoms with Crippen molar-refractivity contribution < 1.29 is 4.74 Å². The summed E-state index contributed by atoms with van der Waals surface area (Å²) >= 11 is 0. The third-order valence-electron chi connectivity index (χ3n) is 3.78. The summed E-state index contributed by atoms with van der Waals surface area (Å²) in [6.07, 6.45) is 3.48. The standard InChI is InChI=1S/C18H18N2O/c1-21-18(13-6-3-2-4-7-13)17(19)16-9-5-8-14-12-20-11-10-15(14)16/h2-12,17-18H,19H2,1H3. The zero-order chi connectivity index (χ0) is 14.7. The van der Waals surface area contributed by atoms with E-state index in [9.17, 15) is 0 Å². The van der Waals surface area contributed by atoms with Crippen LogP contribution in [0.15, 0.2) is 67.0 Å². The summed E-state index contributed by atoms with van der Waals surface area (Å²) in [5.41, 5.74) is 8.66. The maximum absolute atomic E-state index is 6.50. The summed E-state index contributed by atoms with van der Waals surface area (Å²) in [4.78, 5) is 4.16. The van der Waals surface area contributed by atoms with E-state index in [0.29, 0.717) is 0 Å². The molecule has 3 nitrogen and oxygen atoms in total. The number of nitrogens with two attached hydrogens (primary N) is 1. The molecule has 0 aliphatic heterocycles. The molecule has 0 aliphatic carbocycles. The molecule has 0 fully saturated rings. The second kappa shape index (κ2) is 6.04. The number of rotatable bonds is 4. The quantitative estimate of drug-likeness (QED) is 0.793. The molecule has 0 spiro atoms. The number of hydrogen-bond donors (Lipinski definition) is 1. The SMILES string of the molecule is COC(c1ccccc1)C(N)c1cccc2cnccc12. The van der Waals surface area contributed by atoms with Crippen molar-refractivity contribution in [2.75, 3.05) is 7.11 Å². The van der Waals surface area contributed by atoms with E-state index in [2.05, 4.69) is 11.1 Å². The molecule has 0 saturated carbocycles. The van der Waals surface area contributed by atoms with Gasteiger partial charge in [-0.1, -0.05) is 48.5 Å². The highest BCUT2D eigenvalue weighted by Gasteiger charge is 2.22. The molecule has 2 aromatic carbocycles. The predicted molar refractivity (Wildman–Crippen MR) is 84.9 cm³/mol. The molecule has 0 radical (unpaired) electrons. The topological polar surface area (TPSA) is 48.1 Å². The zero-order valence-electron chi connectivity index (χ0n) is 11.9. The Morgan fingerprint density at radius 2 is 1.81 bits per heavy atom. The first-order chi connectivity index (χ1) is 10.3. The monoisotopic (exact) mass is 278 g/mol. The van der Waals surface area contributed by atoms with Gasteiger partial charge in [0.15, 0.2) is 0 Å². The lowest BCUT2D eigenvalue weighted by Crippen LogP contribution is -2.21. The van der Waals surface area contributed by atoms with Crippen LogP contribution in [0.25, 0.3) is 10.8 Å². The van der Waals surface area contributed by atoms with E-state index >= 15 is 0 Å². The highest BCUT2D eigenvalue weighted by atomic mass is 16.5. The normalized spacial score (nSPS) is 14.0. The Hall–Kier alpha value is -2.23. The zero-order valence-corrected chi connectivity index (χ0v) is 11.9. The second-order valence-corrected chi connectivity index (χ2v) is 5.04. The van der Waals surface area contributed by atoms with Gasteiger partial charge in [-0.25, -0.2) is 0 Å². The molecule has 21 heavy (non-hydrogen) atoms. The average Bonchev–Trinajstić information content (AvgIpc) is 2.56. The Bertz CT molecular complexity index is 722. The predicted octanol–water partition coefficient (Wildman–Crippen LogP) is 3.62. The highest BCUT2D eigenvalue weighted by Crippen LogP contribution is 2.33. The Morgan fingerprint density at radius 1 is 1.00 bits per heavy atom. The Labute approximate surface area is 124 Å². The lowest BCUT2D eigenvalue weighted by Gasteiger charge is -2.24. The minimum Gasteiger partial charge on any atom is -0.375 e. The van der Waals surface area contributed by atoms with Crippen LogP contribution in [0.5, 0.6) is 0 Å². The second-order valence-electron chi connectivity index (χ2n) is 5.04. The first-order valence-electron chi connectivity index (χ1n) is 6.97. The van der Waals surface area contributed by atoms with Crippen LogP contribution in [0, 0.1) is 0 Å². The Morgan fingerprint density at radius 3 is 2.57 bits per heavy atom. The molecule has 1 heterocycles. The summed E-state index contributed by atoms with van der Waals surface area (Å²) < 4.78 is 5.66. The Kier molecular flexibility index (Phi) is 3.95. The minimum absolute atomic E-state index is 0.176. The third kappa shape index (κ3) is 2.66. The summed E-state index contributed by atoms with van der Waals surface area (Å²) in [6.45, 7) is 0. The molecular formula is C18H18N2O. The van der Waals surface area contributed by atoms with Crippen molar-refractivity contribution in [3.63, 3.8) is 0 Å². The van der Waals surface area contributed by atoms with Crippen molar-refractivity contribution in [3.05, 3.63) is 78.1 Å². The van der Waals surface area contributed by atoms with E-state index in [1.807, 2.05) is 54.7 Å². The van der Waals surface area contributed by atoms with Gasteiger partial charge in [0.2, 0.25) is 0 Å². The maximum atomic E-state index is 6.50. The maximum Gasteiger partial charge on any atom is 0.101 e. The van der Waals surface area contributed by atoms with E-state index in [0.717, 1.165) is 21.9 Å². The summed E-state index contributed by atoms with van der Waals surface area (Å²) in [6, 6.07) is 18.0. The van der Waals surface area contributed by atoms with Crippen LogP contribution in [0.3, 0.4) is 0 Å². The number of benzene rings is 2.